The van der Waals surface area contributed by atoms with Crippen LogP contribution in [-0.4, -0.2) is 37.2 Å². The van der Waals surface area contributed by atoms with Crippen molar-refractivity contribution in [2.24, 2.45) is 0 Å². The number of hydrogen-bond donors (Lipinski definition) is 1. The maximum absolute atomic E-state index is 12.6. The van der Waals surface area contributed by atoms with Crippen molar-refractivity contribution >= 4 is 6.03 Å². The van der Waals surface area contributed by atoms with Crippen molar-refractivity contribution in [3.8, 4) is 11.4 Å². The molecule has 7 heteroatoms. The summed E-state index contributed by atoms with van der Waals surface area (Å²) in [6, 6.07) is 13.6. The Morgan fingerprint density at radius 3 is 2.62 bits per heavy atom. The molecule has 2 aromatic heterocycles. The van der Waals surface area contributed by atoms with Crippen LogP contribution in [0.5, 0.6) is 0 Å². The van der Waals surface area contributed by atoms with Gasteiger partial charge >= 0.3 is 6.03 Å². The Hall–Kier alpha value is -3.22. The van der Waals surface area contributed by atoms with Crippen molar-refractivity contribution in [1.29, 1.82) is 0 Å². The van der Waals surface area contributed by atoms with Gasteiger partial charge in [-0.2, -0.15) is 0 Å². The molecule has 7 nitrogen and oxygen atoms in total. The lowest BCUT2D eigenvalue weighted by Gasteiger charge is -2.29. The summed E-state index contributed by atoms with van der Waals surface area (Å²) in [7, 11) is 0. The molecule has 0 saturated heterocycles. The fourth-order valence-electron chi connectivity index (χ4n) is 3.14. The van der Waals surface area contributed by atoms with Gasteiger partial charge in [-0.3, -0.25) is 4.98 Å². The molecule has 3 heterocycles. The third-order valence-corrected chi connectivity index (χ3v) is 4.62. The van der Waals surface area contributed by atoms with E-state index in [2.05, 4.69) is 25.1 Å². The number of fused-ring (bicyclic) bond motifs is 1. The van der Waals surface area contributed by atoms with Gasteiger partial charge in [-0.25, -0.2) is 4.79 Å². The van der Waals surface area contributed by atoms with E-state index in [-0.39, 0.29) is 12.1 Å². The van der Waals surface area contributed by atoms with Crippen LogP contribution in [0.1, 0.15) is 24.4 Å². The van der Waals surface area contributed by atoms with E-state index in [0.717, 1.165) is 22.8 Å². The van der Waals surface area contributed by atoms with Crippen LogP contribution in [0.25, 0.3) is 11.4 Å². The van der Waals surface area contributed by atoms with Crippen LogP contribution in [0.3, 0.4) is 0 Å². The molecule has 0 radical (unpaired) electrons. The van der Waals surface area contributed by atoms with Gasteiger partial charge in [-0.1, -0.05) is 30.3 Å². The lowest BCUT2D eigenvalue weighted by Crippen LogP contribution is -2.45. The second-order valence-electron chi connectivity index (χ2n) is 6.33. The number of hydrogen-bond acceptors (Lipinski definition) is 4. The average molecular weight is 348 g/mol. The van der Waals surface area contributed by atoms with Crippen LogP contribution in [0.15, 0.2) is 54.9 Å². The molecule has 1 aromatic carbocycles. The first kappa shape index (κ1) is 16.3. The first-order valence-electron chi connectivity index (χ1n) is 8.65. The summed E-state index contributed by atoms with van der Waals surface area (Å²) < 4.78 is 2.09. The van der Waals surface area contributed by atoms with Crippen molar-refractivity contribution in [3.05, 3.63) is 66.2 Å². The molecule has 4 rings (SSSR count). The minimum atomic E-state index is -0.0928. The van der Waals surface area contributed by atoms with Crippen LogP contribution >= 0.6 is 0 Å². The van der Waals surface area contributed by atoms with Gasteiger partial charge in [0.15, 0.2) is 11.6 Å². The quantitative estimate of drug-likeness (QED) is 0.789. The third kappa shape index (κ3) is 3.15. The molecule has 26 heavy (non-hydrogen) atoms. The number of amides is 2. The maximum atomic E-state index is 12.6. The number of nitrogens with one attached hydrogen (secondary N) is 1. The number of rotatable bonds is 3. The molecule has 1 aliphatic heterocycles. The number of carbonyl (C=O) groups is 1. The smallest absolute Gasteiger partial charge is 0.318 e. The first-order chi connectivity index (χ1) is 12.7. The lowest BCUT2D eigenvalue weighted by atomic mass is 10.1. The normalized spacial score (nSPS) is 14.6. The predicted octanol–water partition coefficient (Wildman–Crippen LogP) is 2.63. The minimum Gasteiger partial charge on any atom is -0.331 e. The Bertz CT molecular complexity index is 893. The topological polar surface area (TPSA) is 75.9 Å². The maximum Gasteiger partial charge on any atom is 0.318 e. The molecule has 132 valence electrons. The van der Waals surface area contributed by atoms with Crippen molar-refractivity contribution in [2.45, 2.75) is 26.1 Å². The van der Waals surface area contributed by atoms with Crippen LogP contribution in [0.4, 0.5) is 4.79 Å². The van der Waals surface area contributed by atoms with E-state index in [0.29, 0.717) is 19.6 Å². The highest BCUT2D eigenvalue weighted by Gasteiger charge is 2.25. The van der Waals surface area contributed by atoms with Crippen molar-refractivity contribution in [3.63, 3.8) is 0 Å². The summed E-state index contributed by atoms with van der Waals surface area (Å²) in [5.74, 6) is 1.66. The molecule has 1 atom stereocenters. The standard InChI is InChI=1S/C19H20N6O/c1-14(15-7-9-20-10-8-15)21-19(26)24-11-12-25-17(13-24)22-23-18(25)16-5-3-2-4-6-16/h2-10,14H,11-13H2,1H3,(H,21,26)/t14-/m1/s1. The second-order valence-corrected chi connectivity index (χ2v) is 6.33. The van der Waals surface area contributed by atoms with E-state index in [1.807, 2.05) is 49.4 Å². The van der Waals surface area contributed by atoms with E-state index in [4.69, 9.17) is 0 Å². The van der Waals surface area contributed by atoms with Gasteiger partial charge < -0.3 is 14.8 Å². The van der Waals surface area contributed by atoms with Gasteiger partial charge in [0.1, 0.15) is 0 Å². The largest absolute Gasteiger partial charge is 0.331 e. The van der Waals surface area contributed by atoms with E-state index >= 15 is 0 Å². The van der Waals surface area contributed by atoms with Gasteiger partial charge in [0.25, 0.3) is 0 Å². The number of urea groups is 1. The summed E-state index contributed by atoms with van der Waals surface area (Å²) >= 11 is 0. The van der Waals surface area contributed by atoms with Crippen molar-refractivity contribution in [1.82, 2.24) is 30.0 Å². The highest BCUT2D eigenvalue weighted by molar-refractivity contribution is 5.74. The average Bonchev–Trinajstić information content (AvgIpc) is 3.12. The molecule has 0 fully saturated rings. The second kappa shape index (κ2) is 6.95. The van der Waals surface area contributed by atoms with Crippen LogP contribution in [0, 0.1) is 0 Å². The van der Waals surface area contributed by atoms with Crippen LogP contribution < -0.4 is 5.32 Å². The first-order valence-corrected chi connectivity index (χ1v) is 8.65. The molecule has 1 aliphatic rings. The highest BCUT2D eigenvalue weighted by atomic mass is 16.2. The minimum absolute atomic E-state index is 0.0785. The number of aromatic nitrogens is 4. The van der Waals surface area contributed by atoms with Gasteiger partial charge in [-0.15, -0.1) is 10.2 Å². The van der Waals surface area contributed by atoms with Crippen LogP contribution in [-0.2, 0) is 13.1 Å². The zero-order valence-electron chi connectivity index (χ0n) is 14.5. The summed E-state index contributed by atoms with van der Waals surface area (Å²) in [4.78, 5) is 18.4. The molecule has 0 saturated carbocycles. The predicted molar refractivity (Wildman–Crippen MR) is 97.1 cm³/mol. The van der Waals surface area contributed by atoms with E-state index < -0.39 is 0 Å². The van der Waals surface area contributed by atoms with Gasteiger partial charge in [-0.05, 0) is 24.6 Å². The number of carbonyl (C=O) groups excluding carboxylic acids is 1. The third-order valence-electron chi connectivity index (χ3n) is 4.62. The van der Waals surface area contributed by atoms with E-state index in [1.165, 1.54) is 0 Å². The molecule has 0 aliphatic carbocycles. The molecule has 3 aromatic rings. The van der Waals surface area contributed by atoms with Gasteiger partial charge in [0.05, 0.1) is 12.6 Å². The molecular formula is C19H20N6O. The Kier molecular flexibility index (Phi) is 4.35. The number of pyridine rings is 1. The monoisotopic (exact) mass is 348 g/mol. The Morgan fingerprint density at radius 2 is 1.85 bits per heavy atom. The Labute approximate surface area is 151 Å². The fraction of sp³-hybridized carbons (Fsp3) is 0.263. The van der Waals surface area contributed by atoms with Crippen molar-refractivity contribution < 1.29 is 4.79 Å². The summed E-state index contributed by atoms with van der Waals surface area (Å²) in [5, 5.41) is 11.6. The zero-order chi connectivity index (χ0) is 17.9. The Morgan fingerprint density at radius 1 is 1.08 bits per heavy atom. The molecular weight excluding hydrogens is 328 g/mol. The molecule has 0 unspecified atom stereocenters. The van der Waals surface area contributed by atoms with Gasteiger partial charge in [0.2, 0.25) is 0 Å². The SMILES string of the molecule is C[C@@H](NC(=O)N1CCn2c(nnc2-c2ccccc2)C1)c1ccncc1. The highest BCUT2D eigenvalue weighted by Crippen LogP contribution is 2.21. The lowest BCUT2D eigenvalue weighted by molar-refractivity contribution is 0.179. The summed E-state index contributed by atoms with van der Waals surface area (Å²) in [6.07, 6.45) is 3.46. The van der Waals surface area contributed by atoms with E-state index in [9.17, 15) is 4.79 Å². The molecule has 0 bridgehead atoms. The molecule has 1 N–H and O–H groups in total. The molecule has 2 amide bonds. The summed E-state index contributed by atoms with van der Waals surface area (Å²) in [6.45, 7) is 3.73. The van der Waals surface area contributed by atoms with Crippen LogP contribution in [0.2, 0.25) is 0 Å². The Balaban J connectivity index is 1.46. The zero-order valence-corrected chi connectivity index (χ0v) is 14.5. The number of nitrogens with zero attached hydrogens (tertiary/aromatic N) is 5. The molecule has 0 spiro atoms. The summed E-state index contributed by atoms with van der Waals surface area (Å²) in [5.41, 5.74) is 2.07. The fourth-order valence-corrected chi connectivity index (χ4v) is 3.14. The van der Waals surface area contributed by atoms with E-state index in [1.54, 1.807) is 17.3 Å². The van der Waals surface area contributed by atoms with Crippen molar-refractivity contribution in [2.75, 3.05) is 6.54 Å². The van der Waals surface area contributed by atoms with Gasteiger partial charge in [0, 0.05) is 31.0 Å². The number of benzene rings is 1.